The van der Waals surface area contributed by atoms with Crippen LogP contribution < -0.4 is 5.32 Å². The summed E-state index contributed by atoms with van der Waals surface area (Å²) in [6, 6.07) is 0.786. The molecule has 0 aliphatic carbocycles. The van der Waals surface area contributed by atoms with Crippen molar-refractivity contribution in [3.8, 4) is 0 Å². The summed E-state index contributed by atoms with van der Waals surface area (Å²) in [7, 11) is 0. The smallest absolute Gasteiger partial charge is 0.0714 e. The van der Waals surface area contributed by atoms with Crippen molar-refractivity contribution in [2.75, 3.05) is 13.2 Å². The van der Waals surface area contributed by atoms with Crippen LogP contribution in [0.25, 0.3) is 0 Å². The van der Waals surface area contributed by atoms with Gasteiger partial charge in [-0.2, -0.15) is 0 Å². The zero-order chi connectivity index (χ0) is 7.40. The van der Waals surface area contributed by atoms with Crippen molar-refractivity contribution in [1.82, 2.24) is 5.32 Å². The van der Waals surface area contributed by atoms with Gasteiger partial charge >= 0.3 is 0 Å². The maximum atomic E-state index is 5.41. The van der Waals surface area contributed by atoms with E-state index in [9.17, 15) is 0 Å². The average Bonchev–Trinajstić information content (AvgIpc) is 2.35. The minimum atomic E-state index is 0.550. The highest BCUT2D eigenvalue weighted by Gasteiger charge is 2.28. The van der Waals surface area contributed by atoms with Gasteiger partial charge in [0.1, 0.15) is 0 Å². The summed E-state index contributed by atoms with van der Waals surface area (Å²) >= 11 is 0. The molecule has 2 aliphatic rings. The van der Waals surface area contributed by atoms with Gasteiger partial charge in [-0.05, 0) is 12.8 Å². The Labute approximate surface area is 63.0 Å². The summed E-state index contributed by atoms with van der Waals surface area (Å²) in [5.74, 6) is 0. The van der Waals surface area contributed by atoms with E-state index in [1.54, 1.807) is 0 Å². The minimum absolute atomic E-state index is 0.550. The Balaban J connectivity index is 0.000000231. The van der Waals surface area contributed by atoms with Gasteiger partial charge in [0.05, 0.1) is 6.10 Å². The Morgan fingerprint density at radius 1 is 1.40 bits per heavy atom. The zero-order valence-corrected chi connectivity index (χ0v) is 6.89. The Bertz CT molecular complexity index is 81.3. The highest BCUT2D eigenvalue weighted by Crippen LogP contribution is 2.18. The van der Waals surface area contributed by atoms with Gasteiger partial charge < -0.3 is 10.1 Å². The van der Waals surface area contributed by atoms with Crippen molar-refractivity contribution in [2.24, 2.45) is 0 Å². The van der Waals surface area contributed by atoms with Gasteiger partial charge in [0.2, 0.25) is 0 Å². The molecular weight excluding hydrogens is 126 g/mol. The number of nitrogens with one attached hydrogen (secondary N) is 1. The summed E-state index contributed by atoms with van der Waals surface area (Å²) in [6.07, 6.45) is 3.02. The summed E-state index contributed by atoms with van der Waals surface area (Å²) in [4.78, 5) is 0. The lowest BCUT2D eigenvalue weighted by Gasteiger charge is -2.17. The number of hydrogen-bond acceptors (Lipinski definition) is 2. The van der Waals surface area contributed by atoms with E-state index in [4.69, 9.17) is 4.74 Å². The lowest BCUT2D eigenvalue weighted by Crippen LogP contribution is -2.23. The third-order valence-electron chi connectivity index (χ3n) is 2.00. The van der Waals surface area contributed by atoms with E-state index in [2.05, 4.69) is 5.32 Å². The first-order valence-corrected chi connectivity index (χ1v) is 4.30. The number of rotatable bonds is 0. The van der Waals surface area contributed by atoms with Crippen molar-refractivity contribution in [2.45, 2.75) is 38.8 Å². The second-order valence-corrected chi connectivity index (χ2v) is 2.62. The normalized spacial score (nSPS) is 36.6. The predicted octanol–water partition coefficient (Wildman–Crippen LogP) is 1.16. The first-order chi connectivity index (χ1) is 4.95. The van der Waals surface area contributed by atoms with E-state index in [1.807, 2.05) is 13.8 Å². The molecule has 0 aromatic carbocycles. The molecule has 2 fully saturated rings. The first kappa shape index (κ1) is 8.02. The molecule has 2 aliphatic heterocycles. The Morgan fingerprint density at radius 2 is 2.20 bits per heavy atom. The lowest BCUT2D eigenvalue weighted by atomic mass is 10.1. The fourth-order valence-corrected chi connectivity index (χ4v) is 1.51. The van der Waals surface area contributed by atoms with Crippen molar-refractivity contribution in [3.63, 3.8) is 0 Å². The maximum absolute atomic E-state index is 5.41. The van der Waals surface area contributed by atoms with Gasteiger partial charge in [0.15, 0.2) is 0 Å². The largest absolute Gasteiger partial charge is 0.377 e. The van der Waals surface area contributed by atoms with E-state index >= 15 is 0 Å². The van der Waals surface area contributed by atoms with Crippen LogP contribution in [0.15, 0.2) is 0 Å². The molecule has 0 amide bonds. The molecule has 2 heterocycles. The summed E-state index contributed by atoms with van der Waals surface area (Å²) in [6.45, 7) is 6.06. The van der Waals surface area contributed by atoms with Crippen molar-refractivity contribution in [1.29, 1.82) is 0 Å². The van der Waals surface area contributed by atoms with Crippen LogP contribution in [-0.4, -0.2) is 25.3 Å². The molecule has 2 unspecified atom stereocenters. The summed E-state index contributed by atoms with van der Waals surface area (Å²) in [5.41, 5.74) is 0. The van der Waals surface area contributed by atoms with Crippen LogP contribution >= 0.6 is 0 Å². The minimum Gasteiger partial charge on any atom is -0.377 e. The second-order valence-electron chi connectivity index (χ2n) is 2.62. The van der Waals surface area contributed by atoms with E-state index in [-0.39, 0.29) is 0 Å². The van der Waals surface area contributed by atoms with Crippen LogP contribution in [0.3, 0.4) is 0 Å². The Morgan fingerprint density at radius 3 is 2.80 bits per heavy atom. The first-order valence-electron chi connectivity index (χ1n) is 4.30. The fraction of sp³-hybridized carbons (Fsp3) is 1.00. The van der Waals surface area contributed by atoms with Crippen LogP contribution in [0.4, 0.5) is 0 Å². The molecule has 0 aromatic rings. The van der Waals surface area contributed by atoms with Crippen LogP contribution in [0, 0.1) is 0 Å². The Hall–Kier alpha value is -0.0800. The van der Waals surface area contributed by atoms with Crippen molar-refractivity contribution < 1.29 is 4.74 Å². The lowest BCUT2D eigenvalue weighted by molar-refractivity contribution is 0.0421. The van der Waals surface area contributed by atoms with Crippen molar-refractivity contribution >= 4 is 0 Å². The van der Waals surface area contributed by atoms with Crippen LogP contribution in [0.2, 0.25) is 0 Å². The molecule has 10 heavy (non-hydrogen) atoms. The Kier molecular flexibility index (Phi) is 3.16. The molecule has 0 saturated carbocycles. The number of ether oxygens (including phenoxy) is 1. The van der Waals surface area contributed by atoms with Gasteiger partial charge in [0.25, 0.3) is 0 Å². The zero-order valence-electron chi connectivity index (χ0n) is 6.89. The molecule has 2 atom stereocenters. The molecule has 0 aromatic heterocycles. The molecule has 1 N–H and O–H groups in total. The van der Waals surface area contributed by atoms with E-state index in [1.165, 1.54) is 12.8 Å². The van der Waals surface area contributed by atoms with Crippen LogP contribution in [0.1, 0.15) is 26.7 Å². The van der Waals surface area contributed by atoms with Crippen molar-refractivity contribution in [3.05, 3.63) is 0 Å². The average molecular weight is 143 g/mol. The van der Waals surface area contributed by atoms with E-state index in [0.717, 1.165) is 19.2 Å². The SMILES string of the molecule is C1CC2CC(CN2)O1.CC. The van der Waals surface area contributed by atoms with Gasteiger partial charge in [-0.15, -0.1) is 0 Å². The molecule has 0 spiro atoms. The molecule has 2 heteroatoms. The van der Waals surface area contributed by atoms with E-state index in [0.29, 0.717) is 6.10 Å². The molecule has 2 nitrogen and oxygen atoms in total. The highest BCUT2D eigenvalue weighted by atomic mass is 16.5. The maximum Gasteiger partial charge on any atom is 0.0714 e. The molecule has 2 saturated heterocycles. The van der Waals surface area contributed by atoms with Gasteiger partial charge in [-0.1, -0.05) is 13.8 Å². The summed E-state index contributed by atoms with van der Waals surface area (Å²) < 4.78 is 5.41. The topological polar surface area (TPSA) is 21.3 Å². The fourth-order valence-electron chi connectivity index (χ4n) is 1.51. The van der Waals surface area contributed by atoms with Gasteiger partial charge in [-0.25, -0.2) is 0 Å². The van der Waals surface area contributed by atoms with E-state index < -0.39 is 0 Å². The second kappa shape index (κ2) is 3.94. The van der Waals surface area contributed by atoms with Crippen LogP contribution in [0.5, 0.6) is 0 Å². The molecule has 60 valence electrons. The van der Waals surface area contributed by atoms with Gasteiger partial charge in [0, 0.05) is 19.2 Å². The quantitative estimate of drug-likeness (QED) is 0.549. The highest BCUT2D eigenvalue weighted by molar-refractivity contribution is 4.85. The molecule has 0 radical (unpaired) electrons. The van der Waals surface area contributed by atoms with Crippen LogP contribution in [-0.2, 0) is 4.74 Å². The number of fused-ring (bicyclic) bond motifs is 2. The third-order valence-corrected chi connectivity index (χ3v) is 2.00. The molecular formula is C8H17NO. The predicted molar refractivity (Wildman–Crippen MR) is 42.1 cm³/mol. The standard InChI is InChI=1S/C6H11NO.C2H6/c1-2-8-6-3-5(1)7-4-6;1-2/h5-7H,1-4H2;1-2H3. The third kappa shape index (κ3) is 1.70. The monoisotopic (exact) mass is 143 g/mol. The summed E-state index contributed by atoms with van der Waals surface area (Å²) in [5, 5.41) is 3.39. The molecule has 2 bridgehead atoms. The van der Waals surface area contributed by atoms with Gasteiger partial charge in [-0.3, -0.25) is 0 Å². The molecule has 2 rings (SSSR count). The number of hydrogen-bond donors (Lipinski definition) is 1.